The van der Waals surface area contributed by atoms with Crippen molar-refractivity contribution in [2.45, 2.75) is 52.0 Å². The van der Waals surface area contributed by atoms with E-state index < -0.39 is 43.8 Å². The molecule has 0 bridgehead atoms. The molecule has 2 aliphatic heterocycles. The van der Waals surface area contributed by atoms with Crippen LogP contribution in [0.1, 0.15) is 27.7 Å². The Bertz CT molecular complexity index is 778. The molecular weight excluding hydrogens is 359 g/mol. The van der Waals surface area contributed by atoms with Crippen LogP contribution in [0.3, 0.4) is 0 Å². The molecule has 2 heterocycles. The number of aliphatic imine (C=N–C) groups is 1. The van der Waals surface area contributed by atoms with Gasteiger partial charge >= 0.3 is 13.2 Å². The highest BCUT2D eigenvalue weighted by Crippen LogP contribution is 2.54. The SMILES string of the molecule is CC(C)OP(=O)(OC(C)C)C1=NC2C(=O)N(c3ccccc3)C(=O)C2O1. The number of fused-ring (bicyclic) bond motifs is 1. The fraction of sp³-hybridized carbons (Fsp3) is 0.471. The number of rotatable bonds is 6. The van der Waals surface area contributed by atoms with Crippen molar-refractivity contribution in [3.05, 3.63) is 30.3 Å². The molecule has 1 saturated heterocycles. The molecule has 0 saturated carbocycles. The molecule has 1 aromatic carbocycles. The van der Waals surface area contributed by atoms with Gasteiger partial charge in [-0.1, -0.05) is 18.2 Å². The predicted octanol–water partition coefficient (Wildman–Crippen LogP) is 2.73. The van der Waals surface area contributed by atoms with Gasteiger partial charge in [-0.25, -0.2) is 14.5 Å². The van der Waals surface area contributed by atoms with Crippen molar-refractivity contribution in [1.82, 2.24) is 0 Å². The Balaban J connectivity index is 1.90. The third-order valence-electron chi connectivity index (χ3n) is 3.65. The number of hydrogen-bond donors (Lipinski definition) is 0. The zero-order valence-corrected chi connectivity index (χ0v) is 15.9. The summed E-state index contributed by atoms with van der Waals surface area (Å²) in [7, 11) is -3.87. The minimum atomic E-state index is -3.87. The van der Waals surface area contributed by atoms with Gasteiger partial charge in [0, 0.05) is 0 Å². The quantitative estimate of drug-likeness (QED) is 0.556. The van der Waals surface area contributed by atoms with Gasteiger partial charge in [0.25, 0.3) is 11.8 Å². The van der Waals surface area contributed by atoms with E-state index in [0.717, 1.165) is 4.90 Å². The maximum Gasteiger partial charge on any atom is 0.415 e. The van der Waals surface area contributed by atoms with Crippen molar-refractivity contribution >= 4 is 30.7 Å². The molecule has 2 amide bonds. The molecule has 26 heavy (non-hydrogen) atoms. The number of carbonyl (C=O) groups excluding carboxylic acids is 2. The molecule has 140 valence electrons. The Morgan fingerprint density at radius 2 is 1.62 bits per heavy atom. The molecule has 9 heteroatoms. The number of carbonyl (C=O) groups is 2. The van der Waals surface area contributed by atoms with Crippen LogP contribution in [0.15, 0.2) is 35.3 Å². The summed E-state index contributed by atoms with van der Waals surface area (Å²) in [5, 5.41) is 0. The normalized spacial score (nSPS) is 22.8. The van der Waals surface area contributed by atoms with Crippen LogP contribution in [-0.4, -0.2) is 41.8 Å². The first-order valence-corrected chi connectivity index (χ1v) is 9.92. The molecule has 0 aromatic heterocycles. The maximum absolute atomic E-state index is 13.1. The van der Waals surface area contributed by atoms with E-state index in [4.69, 9.17) is 13.8 Å². The van der Waals surface area contributed by atoms with Crippen LogP contribution in [0.5, 0.6) is 0 Å². The fourth-order valence-electron chi connectivity index (χ4n) is 2.77. The number of nitrogens with zero attached hydrogens (tertiary/aromatic N) is 2. The first-order valence-electron chi connectivity index (χ1n) is 8.37. The van der Waals surface area contributed by atoms with Gasteiger partial charge in [0.05, 0.1) is 17.9 Å². The molecule has 1 aromatic rings. The number of amides is 2. The molecule has 0 aliphatic carbocycles. The van der Waals surface area contributed by atoms with Gasteiger partial charge in [-0.2, -0.15) is 0 Å². The Kier molecular flexibility index (Phi) is 5.01. The monoisotopic (exact) mass is 380 g/mol. The Hall–Kier alpha value is -2.02. The van der Waals surface area contributed by atoms with Crippen LogP contribution in [0.2, 0.25) is 0 Å². The maximum atomic E-state index is 13.1. The van der Waals surface area contributed by atoms with Crippen LogP contribution in [0.4, 0.5) is 5.69 Å². The Morgan fingerprint density at radius 1 is 1.04 bits per heavy atom. The highest BCUT2D eigenvalue weighted by molar-refractivity contribution is 7.71. The molecule has 0 radical (unpaired) electrons. The number of para-hydroxylation sites is 1. The first kappa shape index (κ1) is 18.8. The van der Waals surface area contributed by atoms with Gasteiger partial charge in [0.15, 0.2) is 6.04 Å². The predicted molar refractivity (Wildman–Crippen MR) is 95.1 cm³/mol. The van der Waals surface area contributed by atoms with Crippen LogP contribution in [0, 0.1) is 0 Å². The zero-order valence-electron chi connectivity index (χ0n) is 15.0. The van der Waals surface area contributed by atoms with E-state index in [-0.39, 0.29) is 5.64 Å². The van der Waals surface area contributed by atoms with Gasteiger partial charge < -0.3 is 4.74 Å². The van der Waals surface area contributed by atoms with E-state index in [0.29, 0.717) is 5.69 Å². The molecule has 2 aliphatic rings. The first-order chi connectivity index (χ1) is 12.2. The van der Waals surface area contributed by atoms with Gasteiger partial charge in [0.1, 0.15) is 0 Å². The fourth-order valence-corrected chi connectivity index (χ4v) is 4.62. The third kappa shape index (κ3) is 3.32. The van der Waals surface area contributed by atoms with E-state index in [1.54, 1.807) is 58.0 Å². The lowest BCUT2D eigenvalue weighted by molar-refractivity contribution is -0.123. The number of hydrogen-bond acceptors (Lipinski definition) is 7. The minimum Gasteiger partial charge on any atom is -0.456 e. The molecule has 8 nitrogen and oxygen atoms in total. The Labute approximate surface area is 151 Å². The summed E-state index contributed by atoms with van der Waals surface area (Å²) in [5.74, 6) is -1.08. The van der Waals surface area contributed by atoms with Gasteiger partial charge in [0.2, 0.25) is 6.10 Å². The second-order valence-corrected chi connectivity index (χ2v) is 8.35. The lowest BCUT2D eigenvalue weighted by atomic mass is 10.2. The van der Waals surface area contributed by atoms with Crippen molar-refractivity contribution < 1.29 is 27.9 Å². The van der Waals surface area contributed by atoms with E-state index >= 15 is 0 Å². The minimum absolute atomic E-state index is 0.315. The molecule has 2 unspecified atom stereocenters. The molecule has 0 spiro atoms. The van der Waals surface area contributed by atoms with E-state index in [1.165, 1.54) is 0 Å². The Morgan fingerprint density at radius 3 is 2.12 bits per heavy atom. The largest absolute Gasteiger partial charge is 0.456 e. The van der Waals surface area contributed by atoms with Crippen LogP contribution >= 0.6 is 7.60 Å². The van der Waals surface area contributed by atoms with Crippen molar-refractivity contribution in [1.29, 1.82) is 0 Å². The second kappa shape index (κ2) is 6.95. The van der Waals surface area contributed by atoms with Crippen LogP contribution < -0.4 is 4.90 Å². The summed E-state index contributed by atoms with van der Waals surface area (Å²) in [5.41, 5.74) is 0.126. The average molecular weight is 380 g/mol. The summed E-state index contributed by atoms with van der Waals surface area (Å²) in [6, 6.07) is 7.44. The van der Waals surface area contributed by atoms with E-state index in [9.17, 15) is 14.2 Å². The molecule has 1 fully saturated rings. The van der Waals surface area contributed by atoms with Crippen molar-refractivity contribution in [3.8, 4) is 0 Å². The number of ether oxygens (including phenoxy) is 1. The molecular formula is C17H21N2O6P. The van der Waals surface area contributed by atoms with Crippen LogP contribution in [-0.2, 0) is 27.9 Å². The van der Waals surface area contributed by atoms with Gasteiger partial charge in [-0.3, -0.25) is 18.6 Å². The van der Waals surface area contributed by atoms with Gasteiger partial charge in [-0.05, 0) is 39.8 Å². The second-order valence-electron chi connectivity index (χ2n) is 6.55. The summed E-state index contributed by atoms with van der Waals surface area (Å²) < 4.78 is 29.4. The standard InChI is InChI=1S/C17H21N2O6P/c1-10(2)24-26(22,25-11(3)4)17-18-13-14(23-17)16(21)19(15(13)20)12-8-6-5-7-9-12/h5-11,13-14H,1-4H3. The van der Waals surface area contributed by atoms with Crippen molar-refractivity contribution in [2.24, 2.45) is 4.99 Å². The smallest absolute Gasteiger partial charge is 0.415 e. The van der Waals surface area contributed by atoms with Crippen molar-refractivity contribution in [3.63, 3.8) is 0 Å². The highest BCUT2D eigenvalue weighted by atomic mass is 31.2. The summed E-state index contributed by atoms with van der Waals surface area (Å²) in [6.45, 7) is 6.78. The number of anilines is 1. The highest BCUT2D eigenvalue weighted by Gasteiger charge is 2.57. The lowest BCUT2D eigenvalue weighted by Gasteiger charge is -2.23. The average Bonchev–Trinajstić information content (AvgIpc) is 3.08. The summed E-state index contributed by atoms with van der Waals surface area (Å²) >= 11 is 0. The van der Waals surface area contributed by atoms with E-state index in [2.05, 4.69) is 4.99 Å². The zero-order chi connectivity index (χ0) is 19.1. The topological polar surface area (TPSA) is 94.5 Å². The van der Waals surface area contributed by atoms with E-state index in [1.807, 2.05) is 0 Å². The summed E-state index contributed by atoms with van der Waals surface area (Å²) in [6.07, 6.45) is -1.99. The molecule has 2 atom stereocenters. The van der Waals surface area contributed by atoms with Crippen molar-refractivity contribution in [2.75, 3.05) is 4.90 Å². The lowest BCUT2D eigenvalue weighted by Crippen LogP contribution is -2.33. The third-order valence-corrected chi connectivity index (χ3v) is 5.74. The summed E-state index contributed by atoms with van der Waals surface area (Å²) in [4.78, 5) is 30.5. The van der Waals surface area contributed by atoms with Gasteiger partial charge in [-0.15, -0.1) is 0 Å². The molecule has 3 rings (SSSR count). The van der Waals surface area contributed by atoms with Crippen LogP contribution in [0.25, 0.3) is 0 Å². The number of benzene rings is 1. The number of imide groups is 1. The molecule has 0 N–H and O–H groups in total.